The highest BCUT2D eigenvalue weighted by molar-refractivity contribution is 6.06. The quantitative estimate of drug-likeness (QED) is 0.330. The minimum absolute atomic E-state index is 0.0947. The fraction of sp³-hybridized carbons (Fsp3) is 0.148. The fourth-order valence-electron chi connectivity index (χ4n) is 4.05. The molecule has 2 aromatic heterocycles. The van der Waals surface area contributed by atoms with Gasteiger partial charge in [0, 0.05) is 27.9 Å². The van der Waals surface area contributed by atoms with Gasteiger partial charge in [0.1, 0.15) is 11.2 Å². The van der Waals surface area contributed by atoms with Gasteiger partial charge in [0.05, 0.1) is 5.69 Å². The summed E-state index contributed by atoms with van der Waals surface area (Å²) in [7, 11) is 0. The molecule has 0 N–H and O–H groups in total. The van der Waals surface area contributed by atoms with Gasteiger partial charge in [-0.2, -0.15) is 0 Å². The van der Waals surface area contributed by atoms with E-state index in [0.29, 0.717) is 0 Å². The summed E-state index contributed by atoms with van der Waals surface area (Å²) in [6, 6.07) is 27.6. The Balaban J connectivity index is 1.63. The van der Waals surface area contributed by atoms with Gasteiger partial charge in [0.25, 0.3) is 0 Å². The SMILES string of the molecule is Cc1ccc2oc3ccc(-c4cc(C(C)(C)c5ccccc5)ccn4)cc3c2c1. The van der Waals surface area contributed by atoms with Crippen molar-refractivity contribution < 1.29 is 4.42 Å². The Hall–Kier alpha value is -3.39. The summed E-state index contributed by atoms with van der Waals surface area (Å²) in [5.41, 5.74) is 7.61. The third-order valence-corrected chi connectivity index (χ3v) is 5.90. The summed E-state index contributed by atoms with van der Waals surface area (Å²) in [6.45, 7) is 6.63. The van der Waals surface area contributed by atoms with Crippen molar-refractivity contribution in [1.29, 1.82) is 0 Å². The number of rotatable bonds is 3. The van der Waals surface area contributed by atoms with E-state index >= 15 is 0 Å². The van der Waals surface area contributed by atoms with E-state index < -0.39 is 0 Å². The van der Waals surface area contributed by atoms with E-state index in [4.69, 9.17) is 4.42 Å². The second kappa shape index (κ2) is 6.59. The highest BCUT2D eigenvalue weighted by Crippen LogP contribution is 2.35. The lowest BCUT2D eigenvalue weighted by atomic mass is 9.78. The predicted octanol–water partition coefficient (Wildman–Crippen LogP) is 7.28. The zero-order chi connectivity index (χ0) is 20.0. The van der Waals surface area contributed by atoms with E-state index in [2.05, 4.69) is 98.6 Å². The molecule has 2 heterocycles. The van der Waals surface area contributed by atoms with Gasteiger partial charge in [0.2, 0.25) is 0 Å². The maximum Gasteiger partial charge on any atom is 0.135 e. The Morgan fingerprint density at radius 2 is 1.45 bits per heavy atom. The minimum atomic E-state index is -0.0947. The summed E-state index contributed by atoms with van der Waals surface area (Å²) in [5, 5.41) is 2.29. The van der Waals surface area contributed by atoms with Gasteiger partial charge in [0.15, 0.2) is 0 Å². The zero-order valence-electron chi connectivity index (χ0n) is 16.9. The molecule has 0 saturated carbocycles. The molecule has 0 radical (unpaired) electrons. The molecule has 5 rings (SSSR count). The molecule has 142 valence electrons. The minimum Gasteiger partial charge on any atom is -0.456 e. The standard InChI is InChI=1S/C27H23NO/c1-18-9-11-25-22(15-18)23-16-19(10-12-26(23)29-25)24-17-21(13-14-28-24)27(2,3)20-7-5-4-6-8-20/h4-17H,1-3H3. The molecule has 5 aromatic rings. The molecular weight excluding hydrogens is 354 g/mol. The molecule has 0 fully saturated rings. The first-order valence-corrected chi connectivity index (χ1v) is 9.98. The van der Waals surface area contributed by atoms with Crippen molar-refractivity contribution in [3.63, 3.8) is 0 Å². The summed E-state index contributed by atoms with van der Waals surface area (Å²) >= 11 is 0. The van der Waals surface area contributed by atoms with Crippen LogP contribution in [-0.2, 0) is 5.41 Å². The van der Waals surface area contributed by atoms with E-state index in [1.165, 1.54) is 16.7 Å². The molecule has 0 aliphatic heterocycles. The van der Waals surface area contributed by atoms with Gasteiger partial charge >= 0.3 is 0 Å². The number of fused-ring (bicyclic) bond motifs is 3. The van der Waals surface area contributed by atoms with Crippen LogP contribution in [0.15, 0.2) is 89.5 Å². The van der Waals surface area contributed by atoms with Crippen LogP contribution in [0.4, 0.5) is 0 Å². The van der Waals surface area contributed by atoms with Crippen molar-refractivity contribution in [2.45, 2.75) is 26.2 Å². The van der Waals surface area contributed by atoms with Crippen molar-refractivity contribution in [2.75, 3.05) is 0 Å². The Morgan fingerprint density at radius 1 is 0.724 bits per heavy atom. The van der Waals surface area contributed by atoms with E-state index in [0.717, 1.165) is 33.2 Å². The average molecular weight is 377 g/mol. The Morgan fingerprint density at radius 3 is 2.24 bits per heavy atom. The van der Waals surface area contributed by atoms with E-state index in [-0.39, 0.29) is 5.41 Å². The fourth-order valence-corrected chi connectivity index (χ4v) is 4.05. The highest BCUT2D eigenvalue weighted by atomic mass is 16.3. The van der Waals surface area contributed by atoms with Crippen LogP contribution in [0.1, 0.15) is 30.5 Å². The Bertz CT molecular complexity index is 1330. The average Bonchev–Trinajstić information content (AvgIpc) is 3.11. The van der Waals surface area contributed by atoms with Crippen LogP contribution in [0.5, 0.6) is 0 Å². The number of aryl methyl sites for hydroxylation is 1. The van der Waals surface area contributed by atoms with Crippen LogP contribution in [0.3, 0.4) is 0 Å². The first-order valence-electron chi connectivity index (χ1n) is 9.98. The lowest BCUT2D eigenvalue weighted by Gasteiger charge is -2.26. The van der Waals surface area contributed by atoms with Crippen LogP contribution < -0.4 is 0 Å². The van der Waals surface area contributed by atoms with E-state index in [1.54, 1.807) is 0 Å². The molecule has 0 aliphatic rings. The second-order valence-corrected chi connectivity index (χ2v) is 8.23. The Labute approximate surface area is 170 Å². The number of pyridine rings is 1. The number of hydrogen-bond acceptors (Lipinski definition) is 2. The number of nitrogens with zero attached hydrogens (tertiary/aromatic N) is 1. The molecule has 3 aromatic carbocycles. The summed E-state index contributed by atoms with van der Waals surface area (Å²) in [5.74, 6) is 0. The number of benzene rings is 3. The van der Waals surface area contributed by atoms with Crippen LogP contribution in [0, 0.1) is 6.92 Å². The molecule has 0 amide bonds. The molecule has 0 spiro atoms. The molecule has 0 unspecified atom stereocenters. The monoisotopic (exact) mass is 377 g/mol. The molecule has 0 aliphatic carbocycles. The maximum absolute atomic E-state index is 6.01. The summed E-state index contributed by atoms with van der Waals surface area (Å²) in [6.07, 6.45) is 1.91. The lowest BCUT2D eigenvalue weighted by Crippen LogP contribution is -2.18. The van der Waals surface area contributed by atoms with Crippen LogP contribution in [-0.4, -0.2) is 4.98 Å². The topological polar surface area (TPSA) is 26.0 Å². The van der Waals surface area contributed by atoms with Crippen molar-refractivity contribution in [3.05, 3.63) is 102 Å². The lowest BCUT2D eigenvalue weighted by molar-refractivity contribution is 0.640. The Kier molecular flexibility index (Phi) is 4.02. The summed E-state index contributed by atoms with van der Waals surface area (Å²) < 4.78 is 6.01. The van der Waals surface area contributed by atoms with Crippen molar-refractivity contribution in [2.24, 2.45) is 0 Å². The van der Waals surface area contributed by atoms with Gasteiger partial charge in [-0.05, 0) is 60.5 Å². The van der Waals surface area contributed by atoms with E-state index in [1.807, 2.05) is 12.3 Å². The smallest absolute Gasteiger partial charge is 0.135 e. The van der Waals surface area contributed by atoms with Gasteiger partial charge < -0.3 is 4.42 Å². The third-order valence-electron chi connectivity index (χ3n) is 5.90. The normalized spacial score (nSPS) is 12.0. The van der Waals surface area contributed by atoms with Crippen LogP contribution in [0.2, 0.25) is 0 Å². The first kappa shape index (κ1) is 17.7. The molecule has 0 saturated heterocycles. The third kappa shape index (κ3) is 3.01. The molecule has 29 heavy (non-hydrogen) atoms. The molecule has 2 nitrogen and oxygen atoms in total. The van der Waals surface area contributed by atoms with Crippen LogP contribution in [0.25, 0.3) is 33.2 Å². The zero-order valence-corrected chi connectivity index (χ0v) is 16.9. The summed E-state index contributed by atoms with van der Waals surface area (Å²) in [4.78, 5) is 4.68. The number of aromatic nitrogens is 1. The molecular formula is C27H23NO. The molecule has 0 atom stereocenters. The van der Waals surface area contributed by atoms with Crippen molar-refractivity contribution >= 4 is 21.9 Å². The predicted molar refractivity (Wildman–Crippen MR) is 120 cm³/mol. The largest absolute Gasteiger partial charge is 0.456 e. The van der Waals surface area contributed by atoms with E-state index in [9.17, 15) is 0 Å². The number of furan rings is 1. The highest BCUT2D eigenvalue weighted by Gasteiger charge is 2.23. The first-order chi connectivity index (χ1) is 14.0. The second-order valence-electron chi connectivity index (χ2n) is 8.23. The number of hydrogen-bond donors (Lipinski definition) is 0. The molecule has 0 bridgehead atoms. The van der Waals surface area contributed by atoms with Crippen molar-refractivity contribution in [3.8, 4) is 11.3 Å². The van der Waals surface area contributed by atoms with Gasteiger partial charge in [-0.3, -0.25) is 4.98 Å². The van der Waals surface area contributed by atoms with Crippen LogP contribution >= 0.6 is 0 Å². The maximum atomic E-state index is 6.01. The molecule has 2 heteroatoms. The van der Waals surface area contributed by atoms with Gasteiger partial charge in [-0.1, -0.05) is 55.8 Å². The van der Waals surface area contributed by atoms with Gasteiger partial charge in [-0.25, -0.2) is 0 Å². The van der Waals surface area contributed by atoms with Gasteiger partial charge in [-0.15, -0.1) is 0 Å². The van der Waals surface area contributed by atoms with Crippen molar-refractivity contribution in [1.82, 2.24) is 4.98 Å².